The van der Waals surface area contributed by atoms with Gasteiger partial charge in [-0.15, -0.1) is 11.3 Å². The average Bonchev–Trinajstić information content (AvgIpc) is 3.11. The number of thiophene rings is 1. The van der Waals surface area contributed by atoms with Gasteiger partial charge >= 0.3 is 0 Å². The number of methoxy groups -OCH3 is 1. The van der Waals surface area contributed by atoms with Crippen molar-refractivity contribution in [3.05, 3.63) is 57.6 Å². The van der Waals surface area contributed by atoms with E-state index in [9.17, 15) is 14.0 Å². The van der Waals surface area contributed by atoms with E-state index < -0.39 is 5.82 Å². The molecular formula is C18H18ClFN2O4S. The number of ether oxygens (including phenoxy) is 2. The Morgan fingerprint density at radius 3 is 2.81 bits per heavy atom. The molecule has 0 aliphatic carbocycles. The zero-order valence-corrected chi connectivity index (χ0v) is 16.1. The van der Waals surface area contributed by atoms with Crippen molar-refractivity contribution >= 4 is 34.8 Å². The number of amides is 2. The first kappa shape index (κ1) is 20.7. The maximum Gasteiger partial charge on any atom is 0.260 e. The summed E-state index contributed by atoms with van der Waals surface area (Å²) in [5, 5.41) is 8.66. The Bertz CT molecular complexity index is 841. The van der Waals surface area contributed by atoms with Crippen LogP contribution in [0.2, 0.25) is 5.02 Å². The normalized spacial score (nSPS) is 10.2. The van der Waals surface area contributed by atoms with Crippen molar-refractivity contribution in [2.75, 3.05) is 20.3 Å². The Kier molecular flexibility index (Phi) is 7.63. The van der Waals surface area contributed by atoms with Gasteiger partial charge in [-0.25, -0.2) is 4.39 Å². The van der Waals surface area contributed by atoms with Gasteiger partial charge in [0, 0.05) is 35.5 Å². The van der Waals surface area contributed by atoms with Crippen LogP contribution in [0, 0.1) is 5.82 Å². The molecule has 0 aliphatic heterocycles. The quantitative estimate of drug-likeness (QED) is 0.662. The van der Waals surface area contributed by atoms with Crippen LogP contribution in [0.5, 0.6) is 11.5 Å². The number of carbonyl (C=O) groups excluding carboxylic acids is 2. The molecule has 9 heteroatoms. The summed E-state index contributed by atoms with van der Waals surface area (Å²) in [6, 6.07) is 3.92. The largest absolute Gasteiger partial charge is 0.495 e. The molecule has 0 bridgehead atoms. The molecule has 2 N–H and O–H groups in total. The lowest BCUT2D eigenvalue weighted by Gasteiger charge is -2.10. The van der Waals surface area contributed by atoms with Crippen molar-refractivity contribution in [3.8, 4) is 11.5 Å². The number of rotatable bonds is 9. The summed E-state index contributed by atoms with van der Waals surface area (Å²) in [6.07, 6.45) is 0.347. The zero-order valence-electron chi connectivity index (χ0n) is 14.5. The van der Waals surface area contributed by atoms with E-state index in [1.165, 1.54) is 30.6 Å². The van der Waals surface area contributed by atoms with Gasteiger partial charge < -0.3 is 20.1 Å². The second-order valence-electron chi connectivity index (χ2n) is 5.38. The van der Waals surface area contributed by atoms with Gasteiger partial charge in [0.1, 0.15) is 17.3 Å². The zero-order chi connectivity index (χ0) is 19.8. The van der Waals surface area contributed by atoms with Crippen LogP contribution in [0.1, 0.15) is 16.8 Å². The number of halogens is 2. The number of hydrogen-bond donors (Lipinski definition) is 2. The summed E-state index contributed by atoms with van der Waals surface area (Å²) >= 11 is 6.93. The topological polar surface area (TPSA) is 76.7 Å². The van der Waals surface area contributed by atoms with E-state index in [1.807, 2.05) is 0 Å². The molecule has 144 valence electrons. The summed E-state index contributed by atoms with van der Waals surface area (Å²) in [7, 11) is 1.49. The van der Waals surface area contributed by atoms with Crippen LogP contribution in [-0.4, -0.2) is 32.1 Å². The van der Waals surface area contributed by atoms with Crippen molar-refractivity contribution in [1.82, 2.24) is 10.6 Å². The molecule has 1 heterocycles. The van der Waals surface area contributed by atoms with E-state index in [2.05, 4.69) is 17.2 Å². The first-order valence-corrected chi connectivity index (χ1v) is 9.16. The predicted octanol–water partition coefficient (Wildman–Crippen LogP) is 3.38. The second kappa shape index (κ2) is 9.94. The van der Waals surface area contributed by atoms with Crippen molar-refractivity contribution in [1.29, 1.82) is 0 Å². The van der Waals surface area contributed by atoms with E-state index >= 15 is 0 Å². The molecule has 0 saturated heterocycles. The number of nitrogens with one attached hydrogen (secondary N) is 2. The second-order valence-corrected chi connectivity index (χ2v) is 6.53. The third kappa shape index (κ3) is 6.26. The Hall–Kier alpha value is -2.58. The molecule has 0 spiro atoms. The van der Waals surface area contributed by atoms with Crippen molar-refractivity contribution in [2.24, 2.45) is 0 Å². The summed E-state index contributed by atoms with van der Waals surface area (Å²) in [5.41, 5.74) is 0.880. The molecule has 27 heavy (non-hydrogen) atoms. The van der Waals surface area contributed by atoms with Crippen LogP contribution in [0.15, 0.2) is 41.2 Å². The van der Waals surface area contributed by atoms with Crippen LogP contribution in [0.4, 0.5) is 4.39 Å². The highest BCUT2D eigenvalue weighted by molar-refractivity contribution is 7.08. The van der Waals surface area contributed by atoms with Crippen LogP contribution in [0.3, 0.4) is 0 Å². The number of benzene rings is 1. The molecule has 6 nitrogen and oxygen atoms in total. The Morgan fingerprint density at radius 1 is 1.33 bits per heavy atom. The molecule has 0 unspecified atom stereocenters. The molecule has 2 rings (SSSR count). The van der Waals surface area contributed by atoms with Crippen molar-refractivity contribution < 1.29 is 23.5 Å². The molecule has 2 amide bonds. The minimum atomic E-state index is -0.621. The van der Waals surface area contributed by atoms with E-state index in [4.69, 9.17) is 21.1 Å². The predicted molar refractivity (Wildman–Crippen MR) is 102 cm³/mol. The van der Waals surface area contributed by atoms with E-state index in [-0.39, 0.29) is 35.7 Å². The van der Waals surface area contributed by atoms with Gasteiger partial charge in [0.25, 0.3) is 11.8 Å². The van der Waals surface area contributed by atoms with Crippen LogP contribution >= 0.6 is 22.9 Å². The van der Waals surface area contributed by atoms with Gasteiger partial charge in [0.2, 0.25) is 0 Å². The maximum atomic E-state index is 13.3. The van der Waals surface area contributed by atoms with Gasteiger partial charge in [-0.1, -0.05) is 18.2 Å². The van der Waals surface area contributed by atoms with Gasteiger partial charge in [0.15, 0.2) is 6.61 Å². The highest BCUT2D eigenvalue weighted by atomic mass is 35.5. The molecule has 0 atom stereocenters. The third-order valence-electron chi connectivity index (χ3n) is 3.39. The number of hydrogen-bond acceptors (Lipinski definition) is 5. The smallest absolute Gasteiger partial charge is 0.260 e. The minimum absolute atomic E-state index is 0.0209. The molecule has 0 saturated carbocycles. The summed E-state index contributed by atoms with van der Waals surface area (Å²) in [6.45, 7) is 3.75. The Balaban J connectivity index is 1.69. The Labute approximate surface area is 164 Å². The van der Waals surface area contributed by atoms with E-state index in [0.717, 1.165) is 6.07 Å². The average molecular weight is 413 g/mol. The van der Waals surface area contributed by atoms with Gasteiger partial charge in [0.05, 0.1) is 17.7 Å². The third-order valence-corrected chi connectivity index (χ3v) is 4.42. The fraction of sp³-hybridized carbons (Fsp3) is 0.222. The summed E-state index contributed by atoms with van der Waals surface area (Å²) in [5.74, 6) is -0.631. The monoisotopic (exact) mass is 412 g/mol. The first-order valence-electron chi connectivity index (χ1n) is 7.84. The Morgan fingerprint density at radius 2 is 2.11 bits per heavy atom. The maximum absolute atomic E-state index is 13.3. The van der Waals surface area contributed by atoms with Crippen LogP contribution < -0.4 is 20.1 Å². The summed E-state index contributed by atoms with van der Waals surface area (Å²) in [4.78, 5) is 23.9. The highest BCUT2D eigenvalue weighted by Gasteiger charge is 2.14. The number of carbonyl (C=O) groups is 2. The SMILES string of the molecule is C=C(CCNC(=O)COc1ccc(Cl)c(F)c1)NC(=O)c1cscc1OC. The minimum Gasteiger partial charge on any atom is -0.495 e. The van der Waals surface area contributed by atoms with Crippen molar-refractivity contribution in [2.45, 2.75) is 6.42 Å². The fourth-order valence-corrected chi connectivity index (χ4v) is 2.91. The fourth-order valence-electron chi connectivity index (χ4n) is 2.02. The van der Waals surface area contributed by atoms with Crippen LogP contribution in [0.25, 0.3) is 0 Å². The summed E-state index contributed by atoms with van der Waals surface area (Å²) < 4.78 is 23.6. The van der Waals surface area contributed by atoms with Gasteiger partial charge in [-0.2, -0.15) is 0 Å². The molecule has 0 aliphatic rings. The molecule has 0 radical (unpaired) electrons. The van der Waals surface area contributed by atoms with Gasteiger partial charge in [-0.3, -0.25) is 9.59 Å². The van der Waals surface area contributed by atoms with Crippen LogP contribution in [-0.2, 0) is 4.79 Å². The van der Waals surface area contributed by atoms with E-state index in [0.29, 0.717) is 23.4 Å². The molecule has 1 aromatic heterocycles. The molecule has 1 aromatic carbocycles. The molecular weight excluding hydrogens is 395 g/mol. The lowest BCUT2D eigenvalue weighted by Crippen LogP contribution is -2.31. The standard InChI is InChI=1S/C18H18ClFN2O4S/c1-11(22-18(24)13-9-27-10-16(13)25-2)5-6-21-17(23)8-26-12-3-4-14(19)15(20)7-12/h3-4,7,9-10H,1,5-6,8H2,2H3,(H,21,23)(H,22,24). The first-order chi connectivity index (χ1) is 12.9. The highest BCUT2D eigenvalue weighted by Crippen LogP contribution is 2.23. The molecule has 2 aromatic rings. The lowest BCUT2D eigenvalue weighted by molar-refractivity contribution is -0.123. The lowest BCUT2D eigenvalue weighted by atomic mass is 10.2. The van der Waals surface area contributed by atoms with E-state index in [1.54, 1.807) is 10.8 Å². The van der Waals surface area contributed by atoms with Crippen molar-refractivity contribution in [3.63, 3.8) is 0 Å². The van der Waals surface area contributed by atoms with Gasteiger partial charge in [-0.05, 0) is 12.1 Å². The molecule has 0 fully saturated rings.